The predicted molar refractivity (Wildman–Crippen MR) is 76.5 cm³/mol. The Bertz CT molecular complexity index is 286. The molecule has 19 heavy (non-hydrogen) atoms. The molecule has 0 heterocycles. The van der Waals surface area contributed by atoms with Gasteiger partial charge >= 0.3 is 0 Å². The molecule has 1 rings (SSSR count). The van der Waals surface area contributed by atoms with Crippen LogP contribution < -0.4 is 11.1 Å². The Morgan fingerprint density at radius 1 is 1.16 bits per heavy atom. The third-order valence-corrected chi connectivity index (χ3v) is 3.98. The van der Waals surface area contributed by atoms with E-state index in [0.717, 1.165) is 44.9 Å². The highest BCUT2D eigenvalue weighted by molar-refractivity contribution is 5.87. The maximum atomic E-state index is 12.1. The van der Waals surface area contributed by atoms with Crippen molar-refractivity contribution in [1.82, 2.24) is 5.32 Å². The summed E-state index contributed by atoms with van der Waals surface area (Å²) in [5, 5.41) is 2.85. The molecule has 0 radical (unpaired) electrons. The Morgan fingerprint density at radius 2 is 1.84 bits per heavy atom. The lowest BCUT2D eigenvalue weighted by atomic mass is 9.88. The molecule has 0 saturated heterocycles. The van der Waals surface area contributed by atoms with E-state index >= 15 is 0 Å². The molecular formula is C15H28N2O2. The molecule has 4 heteroatoms. The second-order valence-corrected chi connectivity index (χ2v) is 5.65. The Hall–Kier alpha value is -1.06. The average Bonchev–Trinajstić information content (AvgIpc) is 2.42. The zero-order valence-electron chi connectivity index (χ0n) is 12.1. The molecule has 0 aliphatic heterocycles. The summed E-state index contributed by atoms with van der Waals surface area (Å²) in [7, 11) is 0. The van der Waals surface area contributed by atoms with Gasteiger partial charge in [0.25, 0.3) is 0 Å². The molecule has 0 unspecified atom stereocenters. The van der Waals surface area contributed by atoms with Crippen molar-refractivity contribution < 1.29 is 9.59 Å². The lowest BCUT2D eigenvalue weighted by Gasteiger charge is -2.23. The molecule has 3 N–H and O–H groups in total. The third kappa shape index (κ3) is 6.08. The number of hydrogen-bond donors (Lipinski definition) is 2. The minimum atomic E-state index is -0.480. The SMILES string of the molecule is CCCCCC[C@H](NC(=O)C1CCCCC1)C(N)=O. The quantitative estimate of drug-likeness (QED) is 0.664. The first-order chi connectivity index (χ1) is 9.15. The smallest absolute Gasteiger partial charge is 0.239 e. The van der Waals surface area contributed by atoms with E-state index in [9.17, 15) is 9.59 Å². The van der Waals surface area contributed by atoms with E-state index in [1.54, 1.807) is 0 Å². The van der Waals surface area contributed by atoms with Crippen molar-refractivity contribution in [2.45, 2.75) is 77.2 Å². The van der Waals surface area contributed by atoms with Gasteiger partial charge in [-0.3, -0.25) is 9.59 Å². The number of unbranched alkanes of at least 4 members (excludes halogenated alkanes) is 3. The van der Waals surface area contributed by atoms with Gasteiger partial charge in [-0.1, -0.05) is 51.9 Å². The van der Waals surface area contributed by atoms with Crippen molar-refractivity contribution in [3.63, 3.8) is 0 Å². The van der Waals surface area contributed by atoms with Gasteiger partial charge in [0.2, 0.25) is 11.8 Å². The lowest BCUT2D eigenvalue weighted by molar-refractivity contribution is -0.130. The highest BCUT2D eigenvalue weighted by Crippen LogP contribution is 2.23. The van der Waals surface area contributed by atoms with Crippen molar-refractivity contribution in [2.75, 3.05) is 0 Å². The average molecular weight is 268 g/mol. The molecule has 0 aromatic carbocycles. The Morgan fingerprint density at radius 3 is 2.42 bits per heavy atom. The van der Waals surface area contributed by atoms with Gasteiger partial charge in [-0.25, -0.2) is 0 Å². The van der Waals surface area contributed by atoms with Crippen LogP contribution in [0.5, 0.6) is 0 Å². The van der Waals surface area contributed by atoms with Crippen LogP contribution in [0.25, 0.3) is 0 Å². The van der Waals surface area contributed by atoms with Gasteiger partial charge in [-0.05, 0) is 19.3 Å². The predicted octanol–water partition coefficient (Wildman–Crippen LogP) is 2.51. The van der Waals surface area contributed by atoms with Crippen molar-refractivity contribution in [2.24, 2.45) is 11.7 Å². The first kappa shape index (κ1) is 16.0. The van der Waals surface area contributed by atoms with Crippen molar-refractivity contribution in [1.29, 1.82) is 0 Å². The zero-order valence-corrected chi connectivity index (χ0v) is 12.1. The number of carbonyl (C=O) groups excluding carboxylic acids is 2. The van der Waals surface area contributed by atoms with E-state index in [1.807, 2.05) is 0 Å². The van der Waals surface area contributed by atoms with E-state index in [2.05, 4.69) is 12.2 Å². The number of nitrogens with one attached hydrogen (secondary N) is 1. The number of carbonyl (C=O) groups is 2. The van der Waals surface area contributed by atoms with Crippen molar-refractivity contribution in [3.05, 3.63) is 0 Å². The molecule has 4 nitrogen and oxygen atoms in total. The molecule has 1 fully saturated rings. The molecule has 1 aliphatic carbocycles. The molecule has 2 amide bonds. The van der Waals surface area contributed by atoms with Gasteiger partial charge in [0.15, 0.2) is 0 Å². The van der Waals surface area contributed by atoms with Gasteiger partial charge in [-0.2, -0.15) is 0 Å². The molecular weight excluding hydrogens is 240 g/mol. The van der Waals surface area contributed by atoms with Gasteiger partial charge in [-0.15, -0.1) is 0 Å². The third-order valence-electron chi connectivity index (χ3n) is 3.98. The van der Waals surface area contributed by atoms with E-state index in [4.69, 9.17) is 5.73 Å². The standard InChI is InChI=1S/C15H28N2O2/c1-2-3-4-8-11-13(14(16)18)17-15(19)12-9-6-5-7-10-12/h12-13H,2-11H2,1H3,(H2,16,18)(H,17,19)/t13-/m0/s1. The molecule has 1 saturated carbocycles. The second kappa shape index (κ2) is 8.94. The minimum absolute atomic E-state index is 0.0268. The molecule has 1 aliphatic rings. The normalized spacial score (nSPS) is 17.9. The van der Waals surface area contributed by atoms with Gasteiger partial charge < -0.3 is 11.1 Å². The van der Waals surface area contributed by atoms with E-state index < -0.39 is 11.9 Å². The Kier molecular flexibility index (Phi) is 7.53. The summed E-state index contributed by atoms with van der Waals surface area (Å²) in [6, 6.07) is -0.480. The fraction of sp³-hybridized carbons (Fsp3) is 0.867. The second-order valence-electron chi connectivity index (χ2n) is 5.65. The Labute approximate surface area is 116 Å². The summed E-state index contributed by atoms with van der Waals surface area (Å²) >= 11 is 0. The highest BCUT2D eigenvalue weighted by Gasteiger charge is 2.25. The first-order valence-electron chi connectivity index (χ1n) is 7.74. The van der Waals surface area contributed by atoms with Crippen molar-refractivity contribution in [3.8, 4) is 0 Å². The molecule has 110 valence electrons. The fourth-order valence-corrected chi connectivity index (χ4v) is 2.72. The zero-order chi connectivity index (χ0) is 14.1. The number of primary amides is 1. The number of rotatable bonds is 8. The van der Waals surface area contributed by atoms with Crippen LogP contribution in [-0.2, 0) is 9.59 Å². The van der Waals surface area contributed by atoms with Crippen LogP contribution in [0.2, 0.25) is 0 Å². The largest absolute Gasteiger partial charge is 0.368 e. The summed E-state index contributed by atoms with van der Waals surface area (Å²) < 4.78 is 0. The molecule has 0 aromatic rings. The van der Waals surface area contributed by atoms with Crippen LogP contribution in [0.3, 0.4) is 0 Å². The summed E-state index contributed by atoms with van der Waals surface area (Å²) in [5.74, 6) is -0.286. The highest BCUT2D eigenvalue weighted by atomic mass is 16.2. The molecule has 0 bridgehead atoms. The van der Waals surface area contributed by atoms with Crippen LogP contribution in [0.4, 0.5) is 0 Å². The summed E-state index contributed by atoms with van der Waals surface area (Å²) in [6.45, 7) is 2.15. The summed E-state index contributed by atoms with van der Waals surface area (Å²) in [5.41, 5.74) is 5.38. The summed E-state index contributed by atoms with van der Waals surface area (Å²) in [6.07, 6.45) is 10.4. The van der Waals surface area contributed by atoms with Crippen molar-refractivity contribution >= 4 is 11.8 Å². The van der Waals surface area contributed by atoms with E-state index in [0.29, 0.717) is 6.42 Å². The van der Waals surface area contributed by atoms with Crippen LogP contribution in [0.1, 0.15) is 71.1 Å². The van der Waals surface area contributed by atoms with Gasteiger partial charge in [0, 0.05) is 5.92 Å². The van der Waals surface area contributed by atoms with Gasteiger partial charge in [0.05, 0.1) is 0 Å². The van der Waals surface area contributed by atoms with E-state index in [-0.39, 0.29) is 11.8 Å². The molecule has 1 atom stereocenters. The number of hydrogen-bond acceptors (Lipinski definition) is 2. The minimum Gasteiger partial charge on any atom is -0.368 e. The lowest BCUT2D eigenvalue weighted by Crippen LogP contribution is -2.46. The summed E-state index contributed by atoms with van der Waals surface area (Å²) in [4.78, 5) is 23.5. The maximum Gasteiger partial charge on any atom is 0.239 e. The molecule has 0 spiro atoms. The van der Waals surface area contributed by atoms with Crippen LogP contribution in [0, 0.1) is 5.92 Å². The number of amides is 2. The number of nitrogens with two attached hydrogens (primary N) is 1. The topological polar surface area (TPSA) is 72.2 Å². The maximum absolute atomic E-state index is 12.1. The van der Waals surface area contributed by atoms with Crippen LogP contribution in [0.15, 0.2) is 0 Å². The Balaban J connectivity index is 2.34. The van der Waals surface area contributed by atoms with Crippen LogP contribution >= 0.6 is 0 Å². The first-order valence-corrected chi connectivity index (χ1v) is 7.74. The van der Waals surface area contributed by atoms with Crippen LogP contribution in [-0.4, -0.2) is 17.9 Å². The monoisotopic (exact) mass is 268 g/mol. The molecule has 0 aromatic heterocycles. The van der Waals surface area contributed by atoms with Gasteiger partial charge in [0.1, 0.15) is 6.04 Å². The fourth-order valence-electron chi connectivity index (χ4n) is 2.72. The van der Waals surface area contributed by atoms with E-state index in [1.165, 1.54) is 12.8 Å².